The first-order chi connectivity index (χ1) is 12.7. The zero-order valence-electron chi connectivity index (χ0n) is 14.8. The Bertz CT molecular complexity index is 658. The molecule has 6 N–H and O–H groups in total. The number of anilines is 3. The van der Waals surface area contributed by atoms with Crippen molar-refractivity contribution < 1.29 is 20.1 Å². The van der Waals surface area contributed by atoms with Gasteiger partial charge in [0.15, 0.2) is 0 Å². The molecule has 142 valence electrons. The second-order valence-corrected chi connectivity index (χ2v) is 5.78. The molecule has 26 heavy (non-hydrogen) atoms. The van der Waals surface area contributed by atoms with Gasteiger partial charge in [-0.15, -0.1) is 0 Å². The van der Waals surface area contributed by atoms with Crippen LogP contribution in [0.5, 0.6) is 5.75 Å². The number of aliphatic hydroxyl groups excluding tert-OH is 3. The van der Waals surface area contributed by atoms with E-state index in [0.717, 1.165) is 16.9 Å². The van der Waals surface area contributed by atoms with Gasteiger partial charge in [0.2, 0.25) is 0 Å². The summed E-state index contributed by atoms with van der Waals surface area (Å²) >= 11 is 0. The van der Waals surface area contributed by atoms with Gasteiger partial charge in [0, 0.05) is 31.0 Å². The standard InChI is InChI=1S/C19H27N3O4/c20-16-3-6-19(26-12-11-25)18(13-16)21-14-15-1-4-17(5-2-15)22(7-9-23)8-10-24/h1-6,13,21,23-25H,7-12,14,20H2. The molecule has 0 atom stereocenters. The van der Waals surface area contributed by atoms with E-state index in [9.17, 15) is 0 Å². The van der Waals surface area contributed by atoms with E-state index < -0.39 is 0 Å². The number of hydrogen-bond donors (Lipinski definition) is 5. The fraction of sp³-hybridized carbons (Fsp3) is 0.368. The second-order valence-electron chi connectivity index (χ2n) is 5.78. The highest BCUT2D eigenvalue weighted by Crippen LogP contribution is 2.27. The van der Waals surface area contributed by atoms with Crippen LogP contribution in [0.1, 0.15) is 5.56 Å². The van der Waals surface area contributed by atoms with Crippen molar-refractivity contribution in [2.75, 3.05) is 55.5 Å². The minimum atomic E-state index is -0.0521. The minimum Gasteiger partial charge on any atom is -0.489 e. The molecule has 0 radical (unpaired) electrons. The lowest BCUT2D eigenvalue weighted by atomic mass is 10.1. The van der Waals surface area contributed by atoms with Crippen LogP contribution in [0.15, 0.2) is 42.5 Å². The van der Waals surface area contributed by atoms with E-state index in [0.29, 0.717) is 31.1 Å². The topological polar surface area (TPSA) is 111 Å². The SMILES string of the molecule is Nc1ccc(OCCO)c(NCc2ccc(N(CCO)CCO)cc2)c1. The van der Waals surface area contributed by atoms with Gasteiger partial charge in [-0.05, 0) is 35.9 Å². The van der Waals surface area contributed by atoms with Crippen LogP contribution in [0.25, 0.3) is 0 Å². The Balaban J connectivity index is 2.02. The van der Waals surface area contributed by atoms with E-state index >= 15 is 0 Å². The lowest BCUT2D eigenvalue weighted by molar-refractivity contribution is 0.202. The summed E-state index contributed by atoms with van der Waals surface area (Å²) < 4.78 is 5.51. The summed E-state index contributed by atoms with van der Waals surface area (Å²) in [4.78, 5) is 1.93. The number of nitrogens with two attached hydrogens (primary N) is 1. The highest BCUT2D eigenvalue weighted by atomic mass is 16.5. The molecule has 0 amide bonds. The minimum absolute atomic E-state index is 0.0371. The molecule has 0 aliphatic heterocycles. The summed E-state index contributed by atoms with van der Waals surface area (Å²) in [6.07, 6.45) is 0. The Hall–Kier alpha value is -2.48. The second kappa shape index (κ2) is 10.5. The van der Waals surface area contributed by atoms with Crippen LogP contribution in [0.3, 0.4) is 0 Å². The van der Waals surface area contributed by atoms with Gasteiger partial charge in [0.1, 0.15) is 12.4 Å². The van der Waals surface area contributed by atoms with Crippen molar-refractivity contribution >= 4 is 17.1 Å². The lowest BCUT2D eigenvalue weighted by Gasteiger charge is -2.23. The first-order valence-electron chi connectivity index (χ1n) is 8.60. The maximum Gasteiger partial charge on any atom is 0.142 e. The Labute approximate surface area is 153 Å². The van der Waals surface area contributed by atoms with Gasteiger partial charge in [-0.25, -0.2) is 0 Å². The Morgan fingerprint density at radius 3 is 2.23 bits per heavy atom. The smallest absolute Gasteiger partial charge is 0.142 e. The maximum atomic E-state index is 9.13. The van der Waals surface area contributed by atoms with Crippen molar-refractivity contribution in [3.05, 3.63) is 48.0 Å². The van der Waals surface area contributed by atoms with Gasteiger partial charge >= 0.3 is 0 Å². The lowest BCUT2D eigenvalue weighted by Crippen LogP contribution is -2.29. The van der Waals surface area contributed by atoms with Crippen LogP contribution >= 0.6 is 0 Å². The van der Waals surface area contributed by atoms with Crippen LogP contribution in [-0.2, 0) is 6.54 Å². The summed E-state index contributed by atoms with van der Waals surface area (Å²) in [5.41, 5.74) is 9.26. The molecular formula is C19H27N3O4. The zero-order valence-corrected chi connectivity index (χ0v) is 14.8. The zero-order chi connectivity index (χ0) is 18.8. The highest BCUT2D eigenvalue weighted by Gasteiger charge is 2.07. The van der Waals surface area contributed by atoms with Gasteiger partial charge in [0.25, 0.3) is 0 Å². The number of nitrogens with zero attached hydrogens (tertiary/aromatic N) is 1. The monoisotopic (exact) mass is 361 g/mol. The average molecular weight is 361 g/mol. The van der Waals surface area contributed by atoms with E-state index in [-0.39, 0.29) is 26.4 Å². The molecule has 0 bridgehead atoms. The van der Waals surface area contributed by atoms with Crippen molar-refractivity contribution in [2.24, 2.45) is 0 Å². The molecule has 0 aliphatic rings. The largest absolute Gasteiger partial charge is 0.489 e. The molecular weight excluding hydrogens is 334 g/mol. The van der Waals surface area contributed by atoms with Gasteiger partial charge in [-0.1, -0.05) is 12.1 Å². The number of rotatable bonds is 11. The third-order valence-corrected chi connectivity index (χ3v) is 3.88. The predicted octanol–water partition coefficient (Wildman–Crippen LogP) is 1.04. The van der Waals surface area contributed by atoms with Gasteiger partial charge in [-0.3, -0.25) is 0 Å². The molecule has 0 spiro atoms. The van der Waals surface area contributed by atoms with Crippen molar-refractivity contribution in [1.82, 2.24) is 0 Å². The van der Waals surface area contributed by atoms with Crippen LogP contribution in [0.2, 0.25) is 0 Å². The summed E-state index contributed by atoms with van der Waals surface area (Å²) in [5, 5.41) is 30.5. The van der Waals surface area contributed by atoms with Crippen LogP contribution in [-0.4, -0.2) is 54.8 Å². The molecule has 0 heterocycles. The number of nitrogens with one attached hydrogen (secondary N) is 1. The first-order valence-corrected chi connectivity index (χ1v) is 8.60. The molecule has 0 aromatic heterocycles. The molecule has 7 heteroatoms. The quantitative estimate of drug-likeness (QED) is 0.380. The molecule has 0 saturated heterocycles. The van der Waals surface area contributed by atoms with Crippen molar-refractivity contribution in [1.29, 1.82) is 0 Å². The predicted molar refractivity (Wildman–Crippen MR) is 104 cm³/mol. The van der Waals surface area contributed by atoms with E-state index in [1.54, 1.807) is 18.2 Å². The van der Waals surface area contributed by atoms with Gasteiger partial charge < -0.3 is 36.0 Å². The summed E-state index contributed by atoms with van der Waals surface area (Å²) in [5.74, 6) is 0.641. The molecule has 0 unspecified atom stereocenters. The van der Waals surface area contributed by atoms with Gasteiger partial charge in [-0.2, -0.15) is 0 Å². The fourth-order valence-electron chi connectivity index (χ4n) is 2.60. The van der Waals surface area contributed by atoms with Crippen LogP contribution in [0.4, 0.5) is 17.1 Å². The summed E-state index contributed by atoms with van der Waals surface area (Å²) in [6.45, 7) is 1.78. The highest BCUT2D eigenvalue weighted by molar-refractivity contribution is 5.63. The van der Waals surface area contributed by atoms with E-state index in [2.05, 4.69) is 5.32 Å². The molecule has 7 nitrogen and oxygen atoms in total. The maximum absolute atomic E-state index is 9.13. The van der Waals surface area contributed by atoms with E-state index in [4.69, 9.17) is 25.8 Å². The van der Waals surface area contributed by atoms with Crippen molar-refractivity contribution in [3.8, 4) is 5.75 Å². The van der Waals surface area contributed by atoms with E-state index in [1.807, 2.05) is 29.2 Å². The fourth-order valence-corrected chi connectivity index (χ4v) is 2.60. The number of ether oxygens (including phenoxy) is 1. The Morgan fingerprint density at radius 1 is 0.923 bits per heavy atom. The summed E-state index contributed by atoms with van der Waals surface area (Å²) in [7, 11) is 0. The van der Waals surface area contributed by atoms with Crippen molar-refractivity contribution in [2.45, 2.75) is 6.54 Å². The number of nitrogen functional groups attached to an aromatic ring is 1. The molecule has 0 saturated carbocycles. The first kappa shape index (κ1) is 19.8. The molecule has 2 rings (SSSR count). The molecule has 2 aromatic carbocycles. The summed E-state index contributed by atoms with van der Waals surface area (Å²) in [6, 6.07) is 13.2. The number of hydrogen-bond acceptors (Lipinski definition) is 7. The van der Waals surface area contributed by atoms with Crippen LogP contribution < -0.4 is 20.7 Å². The molecule has 0 fully saturated rings. The Morgan fingerprint density at radius 2 is 1.62 bits per heavy atom. The third kappa shape index (κ3) is 5.80. The average Bonchev–Trinajstić information content (AvgIpc) is 2.66. The van der Waals surface area contributed by atoms with Crippen LogP contribution in [0, 0.1) is 0 Å². The number of benzene rings is 2. The molecule has 0 aliphatic carbocycles. The van der Waals surface area contributed by atoms with Crippen molar-refractivity contribution in [3.63, 3.8) is 0 Å². The Kier molecular flexibility index (Phi) is 8.01. The van der Waals surface area contributed by atoms with E-state index in [1.165, 1.54) is 0 Å². The normalized spacial score (nSPS) is 10.6. The van der Waals surface area contributed by atoms with Gasteiger partial charge in [0.05, 0.1) is 25.5 Å². The molecule has 2 aromatic rings. The number of aliphatic hydroxyl groups is 3. The third-order valence-electron chi connectivity index (χ3n) is 3.88.